The number of amides is 1. The van der Waals surface area contributed by atoms with Crippen LogP contribution < -0.4 is 19.6 Å². The van der Waals surface area contributed by atoms with E-state index in [1.165, 1.54) is 6.21 Å². The minimum atomic E-state index is -0.505. The van der Waals surface area contributed by atoms with Gasteiger partial charge in [0.05, 0.1) is 18.9 Å². The molecule has 3 rings (SSSR count). The van der Waals surface area contributed by atoms with Crippen LogP contribution in [-0.2, 0) is 4.79 Å². The van der Waals surface area contributed by atoms with Crippen molar-refractivity contribution in [1.29, 1.82) is 0 Å². The number of halogens is 1. The Bertz CT molecular complexity index is 1070. The molecule has 0 saturated heterocycles. The number of benzene rings is 3. The van der Waals surface area contributed by atoms with Gasteiger partial charge in [-0.2, -0.15) is 5.10 Å². The van der Waals surface area contributed by atoms with E-state index in [1.54, 1.807) is 79.9 Å². The van der Waals surface area contributed by atoms with Crippen molar-refractivity contribution in [2.24, 2.45) is 5.10 Å². The van der Waals surface area contributed by atoms with Gasteiger partial charge in [-0.1, -0.05) is 23.7 Å². The van der Waals surface area contributed by atoms with Crippen molar-refractivity contribution in [2.45, 2.75) is 0 Å². The van der Waals surface area contributed by atoms with E-state index in [1.807, 2.05) is 0 Å². The fourth-order valence-corrected chi connectivity index (χ4v) is 2.57. The second-order valence-corrected chi connectivity index (χ2v) is 6.66. The van der Waals surface area contributed by atoms with Gasteiger partial charge in [0.15, 0.2) is 6.61 Å². The number of carbonyl (C=O) groups excluding carboxylic acids is 2. The zero-order chi connectivity index (χ0) is 22.1. The third-order valence-electron chi connectivity index (χ3n) is 3.98. The molecule has 0 aliphatic carbocycles. The van der Waals surface area contributed by atoms with Gasteiger partial charge in [0.25, 0.3) is 5.91 Å². The first-order valence-electron chi connectivity index (χ1n) is 9.20. The van der Waals surface area contributed by atoms with Crippen LogP contribution >= 0.6 is 11.6 Å². The van der Waals surface area contributed by atoms with E-state index in [9.17, 15) is 9.59 Å². The molecule has 0 atom stereocenters. The van der Waals surface area contributed by atoms with Crippen molar-refractivity contribution in [2.75, 3.05) is 13.7 Å². The van der Waals surface area contributed by atoms with Crippen LogP contribution in [0.4, 0.5) is 0 Å². The van der Waals surface area contributed by atoms with Crippen LogP contribution in [0.2, 0.25) is 5.02 Å². The minimum absolute atomic E-state index is 0.192. The van der Waals surface area contributed by atoms with Crippen LogP contribution in [0, 0.1) is 0 Å². The van der Waals surface area contributed by atoms with Crippen LogP contribution in [-0.4, -0.2) is 31.8 Å². The highest BCUT2D eigenvalue weighted by molar-refractivity contribution is 6.30. The van der Waals surface area contributed by atoms with E-state index in [4.69, 9.17) is 25.8 Å². The summed E-state index contributed by atoms with van der Waals surface area (Å²) in [4.78, 5) is 24.1. The lowest BCUT2D eigenvalue weighted by atomic mass is 10.2. The lowest BCUT2D eigenvalue weighted by Crippen LogP contribution is -2.24. The molecule has 0 aliphatic rings. The summed E-state index contributed by atoms with van der Waals surface area (Å²) >= 11 is 5.82. The largest absolute Gasteiger partial charge is 0.497 e. The SMILES string of the molecule is COc1ccc(OCC(=O)N/N=C/c2cccc(OC(=O)c3ccc(Cl)cc3)c2)cc1. The Labute approximate surface area is 184 Å². The Morgan fingerprint density at radius 1 is 0.968 bits per heavy atom. The number of methoxy groups -OCH3 is 1. The minimum Gasteiger partial charge on any atom is -0.497 e. The predicted molar refractivity (Wildman–Crippen MR) is 117 cm³/mol. The molecule has 1 amide bonds. The van der Waals surface area contributed by atoms with Gasteiger partial charge in [-0.05, 0) is 66.2 Å². The average Bonchev–Trinajstić information content (AvgIpc) is 2.79. The number of ether oxygens (including phenoxy) is 3. The highest BCUT2D eigenvalue weighted by Crippen LogP contribution is 2.17. The number of rotatable bonds is 8. The summed E-state index contributed by atoms with van der Waals surface area (Å²) in [6.07, 6.45) is 1.44. The van der Waals surface area contributed by atoms with E-state index in [0.29, 0.717) is 33.4 Å². The summed E-state index contributed by atoms with van der Waals surface area (Å²) in [5.41, 5.74) is 3.39. The molecule has 0 heterocycles. The highest BCUT2D eigenvalue weighted by atomic mass is 35.5. The van der Waals surface area contributed by atoms with Gasteiger partial charge >= 0.3 is 5.97 Å². The third kappa shape index (κ3) is 6.87. The Balaban J connectivity index is 1.49. The van der Waals surface area contributed by atoms with E-state index in [-0.39, 0.29) is 6.61 Å². The molecule has 0 radical (unpaired) electrons. The average molecular weight is 439 g/mol. The molecule has 0 unspecified atom stereocenters. The molecule has 1 N–H and O–H groups in total. The van der Waals surface area contributed by atoms with E-state index in [0.717, 1.165) is 0 Å². The van der Waals surface area contributed by atoms with Gasteiger partial charge in [0.1, 0.15) is 17.2 Å². The molecule has 0 bridgehead atoms. The fourth-order valence-electron chi connectivity index (χ4n) is 2.44. The van der Waals surface area contributed by atoms with Crippen molar-refractivity contribution in [1.82, 2.24) is 5.43 Å². The normalized spacial score (nSPS) is 10.5. The Morgan fingerprint density at radius 3 is 2.39 bits per heavy atom. The van der Waals surface area contributed by atoms with Crippen LogP contribution in [0.1, 0.15) is 15.9 Å². The van der Waals surface area contributed by atoms with E-state index < -0.39 is 11.9 Å². The van der Waals surface area contributed by atoms with Gasteiger partial charge in [0.2, 0.25) is 0 Å². The second kappa shape index (κ2) is 10.8. The van der Waals surface area contributed by atoms with E-state index in [2.05, 4.69) is 10.5 Å². The monoisotopic (exact) mass is 438 g/mol. The van der Waals surface area contributed by atoms with E-state index >= 15 is 0 Å². The summed E-state index contributed by atoms with van der Waals surface area (Å²) in [6, 6.07) is 20.0. The first-order valence-corrected chi connectivity index (χ1v) is 9.58. The Hall–Kier alpha value is -3.84. The third-order valence-corrected chi connectivity index (χ3v) is 4.23. The summed E-state index contributed by atoms with van der Waals surface area (Å²) in [5.74, 6) is 0.655. The van der Waals surface area contributed by atoms with Crippen LogP contribution in [0.5, 0.6) is 17.2 Å². The number of carbonyl (C=O) groups is 2. The number of esters is 1. The molecule has 158 valence electrons. The lowest BCUT2D eigenvalue weighted by molar-refractivity contribution is -0.123. The first-order chi connectivity index (χ1) is 15.0. The van der Waals surface area contributed by atoms with Crippen molar-refractivity contribution >= 4 is 29.7 Å². The molecule has 0 aliphatic heterocycles. The topological polar surface area (TPSA) is 86.2 Å². The van der Waals surface area contributed by atoms with Crippen molar-refractivity contribution in [3.63, 3.8) is 0 Å². The summed E-state index contributed by atoms with van der Waals surface area (Å²) in [5, 5.41) is 4.42. The number of nitrogens with one attached hydrogen (secondary N) is 1. The number of nitrogens with zero attached hydrogens (tertiary/aromatic N) is 1. The number of hydrogen-bond acceptors (Lipinski definition) is 6. The molecule has 7 nitrogen and oxygen atoms in total. The molecule has 31 heavy (non-hydrogen) atoms. The number of hydrazone groups is 1. The fraction of sp³-hybridized carbons (Fsp3) is 0.0870. The summed E-state index contributed by atoms with van der Waals surface area (Å²) in [7, 11) is 1.57. The maximum atomic E-state index is 12.2. The maximum absolute atomic E-state index is 12.2. The van der Waals surface area contributed by atoms with Crippen LogP contribution in [0.15, 0.2) is 77.9 Å². The molecule has 0 fully saturated rings. The molecule has 8 heteroatoms. The van der Waals surface area contributed by atoms with Crippen molar-refractivity contribution in [3.8, 4) is 17.2 Å². The molecule has 3 aromatic rings. The molecule has 0 spiro atoms. The van der Waals surface area contributed by atoms with Gasteiger partial charge in [-0.3, -0.25) is 4.79 Å². The molecular formula is C23H19ClN2O5. The van der Waals surface area contributed by atoms with Gasteiger partial charge in [-0.25, -0.2) is 10.2 Å². The standard InChI is InChI=1S/C23H19ClN2O5/c1-29-19-9-11-20(12-10-19)30-15-22(27)26-25-14-16-3-2-4-21(13-16)31-23(28)17-5-7-18(24)8-6-17/h2-14H,15H2,1H3,(H,26,27)/b25-14+. The van der Waals surface area contributed by atoms with Gasteiger partial charge in [-0.15, -0.1) is 0 Å². The zero-order valence-electron chi connectivity index (χ0n) is 16.6. The molecule has 3 aromatic carbocycles. The van der Waals surface area contributed by atoms with Crippen LogP contribution in [0.25, 0.3) is 0 Å². The Morgan fingerprint density at radius 2 is 1.68 bits per heavy atom. The summed E-state index contributed by atoms with van der Waals surface area (Å²) in [6.45, 7) is -0.192. The quantitative estimate of drug-likeness (QED) is 0.248. The lowest BCUT2D eigenvalue weighted by Gasteiger charge is -2.06. The Kier molecular flexibility index (Phi) is 7.61. The highest BCUT2D eigenvalue weighted by Gasteiger charge is 2.08. The van der Waals surface area contributed by atoms with Crippen LogP contribution in [0.3, 0.4) is 0 Å². The molecule has 0 aromatic heterocycles. The predicted octanol–water partition coefficient (Wildman–Crippen LogP) is 4.10. The second-order valence-electron chi connectivity index (χ2n) is 6.23. The van der Waals surface area contributed by atoms with Crippen molar-refractivity contribution in [3.05, 3.63) is 88.9 Å². The van der Waals surface area contributed by atoms with Gasteiger partial charge < -0.3 is 14.2 Å². The zero-order valence-corrected chi connectivity index (χ0v) is 17.3. The number of hydrogen-bond donors (Lipinski definition) is 1. The van der Waals surface area contributed by atoms with Gasteiger partial charge in [0, 0.05) is 5.02 Å². The smallest absolute Gasteiger partial charge is 0.343 e. The van der Waals surface area contributed by atoms with Crippen molar-refractivity contribution < 1.29 is 23.8 Å². The first kappa shape index (κ1) is 21.9. The molecule has 0 saturated carbocycles. The summed E-state index contributed by atoms with van der Waals surface area (Å²) < 4.78 is 15.8. The molecular weight excluding hydrogens is 420 g/mol. The maximum Gasteiger partial charge on any atom is 0.343 e.